The summed E-state index contributed by atoms with van der Waals surface area (Å²) in [6, 6.07) is 12.1. The number of morpholine rings is 1. The molecule has 1 aliphatic heterocycles. The van der Waals surface area contributed by atoms with Crippen molar-refractivity contribution in [3.05, 3.63) is 74.9 Å². The molecule has 29 heavy (non-hydrogen) atoms. The van der Waals surface area contributed by atoms with Crippen LogP contribution < -0.4 is 0 Å². The van der Waals surface area contributed by atoms with Gasteiger partial charge in [-0.25, -0.2) is 0 Å². The van der Waals surface area contributed by atoms with Gasteiger partial charge in [0.1, 0.15) is 0 Å². The molecule has 0 unspecified atom stereocenters. The van der Waals surface area contributed by atoms with Gasteiger partial charge in [-0.05, 0) is 23.8 Å². The van der Waals surface area contributed by atoms with Crippen LogP contribution in [0.1, 0.15) is 23.5 Å². The minimum Gasteiger partial charge on any atom is -0.378 e. The monoisotopic (exact) mass is 413 g/mol. The Kier molecular flexibility index (Phi) is 5.51. The molecular weight excluding hydrogens is 394 g/mol. The van der Waals surface area contributed by atoms with E-state index in [2.05, 4.69) is 4.98 Å². The SMILES string of the molecule is O=C(C[C@@H](c1ccccc1[N+](=O)[O-])c1c[nH]c2ccc(Cl)cc12)N1CCOCC1. The van der Waals surface area contributed by atoms with Gasteiger partial charge in [-0.3, -0.25) is 14.9 Å². The molecule has 2 heterocycles. The summed E-state index contributed by atoms with van der Waals surface area (Å²) in [5.74, 6) is -0.521. The molecule has 1 fully saturated rings. The zero-order chi connectivity index (χ0) is 20.4. The third-order valence-electron chi connectivity index (χ3n) is 5.30. The number of hydrogen-bond donors (Lipinski definition) is 1. The zero-order valence-electron chi connectivity index (χ0n) is 15.6. The van der Waals surface area contributed by atoms with Gasteiger partial charge in [0.15, 0.2) is 0 Å². The number of carbonyl (C=O) groups is 1. The van der Waals surface area contributed by atoms with E-state index in [9.17, 15) is 14.9 Å². The molecular formula is C21H20ClN3O4. The van der Waals surface area contributed by atoms with Crippen LogP contribution in [0, 0.1) is 10.1 Å². The quantitative estimate of drug-likeness (QED) is 0.503. The van der Waals surface area contributed by atoms with E-state index in [1.54, 1.807) is 29.2 Å². The highest BCUT2D eigenvalue weighted by Gasteiger charge is 2.29. The minimum atomic E-state index is -0.473. The molecule has 1 atom stereocenters. The van der Waals surface area contributed by atoms with Crippen LogP contribution in [0.4, 0.5) is 5.69 Å². The van der Waals surface area contributed by atoms with Crippen LogP contribution in [0.3, 0.4) is 0 Å². The number of rotatable bonds is 5. The normalized spacial score (nSPS) is 15.4. The summed E-state index contributed by atoms with van der Waals surface area (Å²) in [6.45, 7) is 2.07. The molecule has 7 nitrogen and oxygen atoms in total. The Morgan fingerprint density at radius 3 is 2.72 bits per heavy atom. The van der Waals surface area contributed by atoms with Crippen LogP contribution in [-0.2, 0) is 9.53 Å². The van der Waals surface area contributed by atoms with Gasteiger partial charge in [0.05, 0.1) is 18.1 Å². The van der Waals surface area contributed by atoms with E-state index in [0.29, 0.717) is 36.9 Å². The van der Waals surface area contributed by atoms with E-state index in [0.717, 1.165) is 16.5 Å². The number of halogens is 1. The number of hydrogen-bond acceptors (Lipinski definition) is 4. The van der Waals surface area contributed by atoms with Crippen LogP contribution in [0.5, 0.6) is 0 Å². The molecule has 8 heteroatoms. The Morgan fingerprint density at radius 1 is 1.21 bits per heavy atom. The molecule has 3 aromatic rings. The first kappa shape index (κ1) is 19.4. The first-order chi connectivity index (χ1) is 14.0. The molecule has 150 valence electrons. The maximum atomic E-state index is 13.0. The van der Waals surface area contributed by atoms with Crippen molar-refractivity contribution in [1.29, 1.82) is 0 Å². The largest absolute Gasteiger partial charge is 0.378 e. The van der Waals surface area contributed by atoms with E-state index < -0.39 is 10.8 Å². The maximum Gasteiger partial charge on any atom is 0.273 e. The molecule has 4 rings (SSSR count). The molecule has 0 bridgehead atoms. The zero-order valence-corrected chi connectivity index (χ0v) is 16.4. The van der Waals surface area contributed by atoms with Crippen molar-refractivity contribution in [3.8, 4) is 0 Å². The van der Waals surface area contributed by atoms with Crippen LogP contribution in [0.2, 0.25) is 5.02 Å². The summed E-state index contributed by atoms with van der Waals surface area (Å²) in [4.78, 5) is 29.2. The molecule has 1 aliphatic rings. The first-order valence-corrected chi connectivity index (χ1v) is 9.78. The lowest BCUT2D eigenvalue weighted by molar-refractivity contribution is -0.385. The van der Waals surface area contributed by atoms with Crippen molar-refractivity contribution in [2.45, 2.75) is 12.3 Å². The fraction of sp³-hybridized carbons (Fsp3) is 0.286. The fourth-order valence-corrected chi connectivity index (χ4v) is 4.03. The summed E-state index contributed by atoms with van der Waals surface area (Å²) in [6.07, 6.45) is 1.94. The summed E-state index contributed by atoms with van der Waals surface area (Å²) in [5.41, 5.74) is 2.20. The van der Waals surface area contributed by atoms with Crippen LogP contribution in [-0.4, -0.2) is 47.0 Å². The van der Waals surface area contributed by atoms with Gasteiger partial charge in [-0.1, -0.05) is 29.8 Å². The lowest BCUT2D eigenvalue weighted by atomic mass is 9.86. The number of nitro benzene ring substituents is 1. The standard InChI is InChI=1S/C21H20ClN3O4/c22-14-5-6-19-17(11-14)18(13-23-19)16(12-21(26)24-7-9-29-10-8-24)15-3-1-2-4-20(15)25(27)28/h1-6,11,13,16,23H,7-10,12H2/t16-/m0/s1. The number of aromatic nitrogens is 1. The highest BCUT2D eigenvalue weighted by molar-refractivity contribution is 6.31. The van der Waals surface area contributed by atoms with Gasteiger partial charge < -0.3 is 14.6 Å². The molecule has 1 N–H and O–H groups in total. The molecule has 2 aromatic carbocycles. The van der Waals surface area contributed by atoms with E-state index in [1.807, 2.05) is 18.3 Å². The smallest absolute Gasteiger partial charge is 0.273 e. The van der Waals surface area contributed by atoms with Crippen molar-refractivity contribution in [2.75, 3.05) is 26.3 Å². The number of nitrogens with zero attached hydrogens (tertiary/aromatic N) is 2. The minimum absolute atomic E-state index is 0.00338. The number of para-hydroxylation sites is 1. The van der Waals surface area contributed by atoms with Gasteiger partial charge in [0.25, 0.3) is 5.69 Å². The number of nitro groups is 1. The van der Waals surface area contributed by atoms with Gasteiger partial charge in [0, 0.05) is 59.2 Å². The van der Waals surface area contributed by atoms with E-state index in [-0.39, 0.29) is 18.0 Å². The van der Waals surface area contributed by atoms with E-state index >= 15 is 0 Å². The van der Waals surface area contributed by atoms with Crippen molar-refractivity contribution >= 4 is 34.1 Å². The lowest BCUT2D eigenvalue weighted by Gasteiger charge is -2.28. The highest BCUT2D eigenvalue weighted by Crippen LogP contribution is 2.38. The summed E-state index contributed by atoms with van der Waals surface area (Å²) in [5, 5.41) is 13.1. The molecule has 0 radical (unpaired) electrons. The second kappa shape index (κ2) is 8.23. The number of carbonyl (C=O) groups excluding carboxylic acids is 1. The number of ether oxygens (including phenoxy) is 1. The van der Waals surface area contributed by atoms with Crippen LogP contribution in [0.25, 0.3) is 10.9 Å². The summed E-state index contributed by atoms with van der Waals surface area (Å²) >= 11 is 6.20. The van der Waals surface area contributed by atoms with Crippen molar-refractivity contribution in [1.82, 2.24) is 9.88 Å². The summed E-state index contributed by atoms with van der Waals surface area (Å²) < 4.78 is 5.33. The Balaban J connectivity index is 1.80. The number of fused-ring (bicyclic) bond motifs is 1. The molecule has 0 saturated carbocycles. The Morgan fingerprint density at radius 2 is 1.97 bits per heavy atom. The Bertz CT molecular complexity index is 1060. The number of nitrogens with one attached hydrogen (secondary N) is 1. The number of aromatic amines is 1. The molecule has 0 spiro atoms. The average molecular weight is 414 g/mol. The van der Waals surface area contributed by atoms with Crippen molar-refractivity contribution < 1.29 is 14.5 Å². The predicted molar refractivity (Wildman–Crippen MR) is 110 cm³/mol. The van der Waals surface area contributed by atoms with Gasteiger partial charge >= 0.3 is 0 Å². The van der Waals surface area contributed by atoms with E-state index in [1.165, 1.54) is 6.07 Å². The average Bonchev–Trinajstić information content (AvgIpc) is 3.15. The lowest BCUT2D eigenvalue weighted by Crippen LogP contribution is -2.41. The van der Waals surface area contributed by atoms with Gasteiger partial charge in [-0.15, -0.1) is 0 Å². The molecule has 0 aliphatic carbocycles. The topological polar surface area (TPSA) is 88.5 Å². The van der Waals surface area contributed by atoms with Crippen molar-refractivity contribution in [3.63, 3.8) is 0 Å². The maximum absolute atomic E-state index is 13.0. The Hall–Kier alpha value is -2.90. The molecule has 1 saturated heterocycles. The first-order valence-electron chi connectivity index (χ1n) is 9.40. The van der Waals surface area contributed by atoms with E-state index in [4.69, 9.17) is 16.3 Å². The third kappa shape index (κ3) is 3.97. The Labute approximate surface area is 172 Å². The second-order valence-corrected chi connectivity index (χ2v) is 7.44. The third-order valence-corrected chi connectivity index (χ3v) is 5.54. The van der Waals surface area contributed by atoms with Crippen LogP contribution >= 0.6 is 11.6 Å². The van der Waals surface area contributed by atoms with Gasteiger partial charge in [0.2, 0.25) is 5.91 Å². The predicted octanol–water partition coefficient (Wildman–Crippen LogP) is 4.11. The molecule has 1 amide bonds. The number of amides is 1. The summed E-state index contributed by atoms with van der Waals surface area (Å²) in [7, 11) is 0. The van der Waals surface area contributed by atoms with Crippen LogP contribution in [0.15, 0.2) is 48.7 Å². The molecule has 1 aromatic heterocycles. The number of H-pyrrole nitrogens is 1. The highest BCUT2D eigenvalue weighted by atomic mass is 35.5. The second-order valence-electron chi connectivity index (χ2n) is 7.00. The number of benzene rings is 2. The van der Waals surface area contributed by atoms with Crippen molar-refractivity contribution in [2.24, 2.45) is 0 Å². The van der Waals surface area contributed by atoms with Gasteiger partial charge in [-0.2, -0.15) is 0 Å². The fourth-order valence-electron chi connectivity index (χ4n) is 3.86.